The standard InChI is InChI=1S/C32H32NS/c1-18-8-10-23-20(3)31-28(19(2)26(23)14-18)30-29-25(12-13-33(30)7)24-11-9-21(17-32(4,5)6)15-22(24)16-27(29)34-31/h8-16H,17H2,1-7H3/q+1. The Morgan fingerprint density at radius 2 is 1.56 bits per heavy atom. The van der Waals surface area contributed by atoms with Crippen LogP contribution in [0.3, 0.4) is 0 Å². The van der Waals surface area contributed by atoms with Crippen LogP contribution in [0, 0.1) is 26.2 Å². The van der Waals surface area contributed by atoms with Crippen molar-refractivity contribution < 1.29 is 4.57 Å². The van der Waals surface area contributed by atoms with E-state index in [1.165, 1.54) is 75.6 Å². The predicted molar refractivity (Wildman–Crippen MR) is 147 cm³/mol. The molecular formula is C32H32NS+. The number of hydrogen-bond donors (Lipinski definition) is 0. The molecule has 1 aromatic heterocycles. The van der Waals surface area contributed by atoms with E-state index in [0.29, 0.717) is 0 Å². The van der Waals surface area contributed by atoms with Crippen LogP contribution in [0.25, 0.3) is 43.6 Å². The molecule has 6 rings (SSSR count). The lowest BCUT2D eigenvalue weighted by atomic mass is 9.86. The number of aryl methyl sites for hydroxylation is 4. The number of hydrogen-bond acceptors (Lipinski definition) is 1. The molecule has 0 saturated heterocycles. The minimum absolute atomic E-state index is 0.279. The van der Waals surface area contributed by atoms with Gasteiger partial charge in [-0.1, -0.05) is 74.5 Å². The Morgan fingerprint density at radius 3 is 2.32 bits per heavy atom. The van der Waals surface area contributed by atoms with Crippen molar-refractivity contribution in [2.24, 2.45) is 12.5 Å². The molecule has 5 aromatic rings. The minimum Gasteiger partial charge on any atom is -0.200 e. The highest BCUT2D eigenvalue weighted by atomic mass is 32.2. The molecule has 4 aromatic carbocycles. The summed E-state index contributed by atoms with van der Waals surface area (Å²) in [7, 11) is 2.20. The average molecular weight is 463 g/mol. The Hall–Kier alpha value is -2.84. The second-order valence-electron chi connectivity index (χ2n) is 11.3. The maximum absolute atomic E-state index is 2.44. The van der Waals surface area contributed by atoms with Gasteiger partial charge in [0, 0.05) is 21.2 Å². The Balaban J connectivity index is 1.71. The minimum atomic E-state index is 0.279. The molecule has 2 heterocycles. The maximum Gasteiger partial charge on any atom is 0.222 e. The first-order chi connectivity index (χ1) is 16.1. The van der Waals surface area contributed by atoms with Crippen molar-refractivity contribution in [1.29, 1.82) is 0 Å². The van der Waals surface area contributed by atoms with Crippen LogP contribution in [0.2, 0.25) is 0 Å². The van der Waals surface area contributed by atoms with Crippen LogP contribution in [-0.2, 0) is 13.5 Å². The van der Waals surface area contributed by atoms with Gasteiger partial charge in [-0.05, 0) is 76.9 Å². The van der Waals surface area contributed by atoms with E-state index in [2.05, 4.69) is 108 Å². The van der Waals surface area contributed by atoms with Crippen LogP contribution in [-0.4, -0.2) is 0 Å². The smallest absolute Gasteiger partial charge is 0.200 e. The van der Waals surface area contributed by atoms with Crippen LogP contribution < -0.4 is 4.57 Å². The van der Waals surface area contributed by atoms with Crippen molar-refractivity contribution in [1.82, 2.24) is 0 Å². The van der Waals surface area contributed by atoms with E-state index in [-0.39, 0.29) is 5.41 Å². The van der Waals surface area contributed by atoms with Gasteiger partial charge in [0.2, 0.25) is 5.69 Å². The monoisotopic (exact) mass is 462 g/mol. The topological polar surface area (TPSA) is 3.88 Å². The summed E-state index contributed by atoms with van der Waals surface area (Å²) in [5.74, 6) is 0. The fraction of sp³-hybridized carbons (Fsp3) is 0.281. The molecule has 1 aliphatic rings. The Kier molecular flexibility index (Phi) is 4.67. The summed E-state index contributed by atoms with van der Waals surface area (Å²) in [6.45, 7) is 13.8. The maximum atomic E-state index is 2.44. The molecule has 0 radical (unpaired) electrons. The lowest BCUT2D eigenvalue weighted by molar-refractivity contribution is -0.659. The summed E-state index contributed by atoms with van der Waals surface area (Å²) >= 11 is 1.96. The first kappa shape index (κ1) is 21.7. The van der Waals surface area contributed by atoms with E-state index in [9.17, 15) is 0 Å². The van der Waals surface area contributed by atoms with Crippen molar-refractivity contribution in [3.8, 4) is 11.3 Å². The molecule has 0 spiro atoms. The molecule has 1 nitrogen and oxygen atoms in total. The summed E-state index contributed by atoms with van der Waals surface area (Å²) in [6.07, 6.45) is 3.34. The quantitative estimate of drug-likeness (QED) is 0.175. The molecule has 170 valence electrons. The molecule has 0 saturated carbocycles. The SMILES string of the molecule is Cc1ccc2c(C)c3c(c(C)c2c1)-c1c2c(cc4cc(CC(C)(C)C)ccc4c2cc[n+]1C)S3. The zero-order valence-electron chi connectivity index (χ0n) is 21.3. The fourth-order valence-corrected chi connectivity index (χ4v) is 7.18. The summed E-state index contributed by atoms with van der Waals surface area (Å²) in [5.41, 5.74) is 8.56. The van der Waals surface area contributed by atoms with Crippen LogP contribution in [0.1, 0.15) is 43.0 Å². The van der Waals surface area contributed by atoms with E-state index < -0.39 is 0 Å². The molecule has 2 heteroatoms. The zero-order valence-corrected chi connectivity index (χ0v) is 22.1. The van der Waals surface area contributed by atoms with E-state index in [0.717, 1.165) is 6.42 Å². The summed E-state index contributed by atoms with van der Waals surface area (Å²) in [5, 5.41) is 8.22. The Labute approximate surface area is 206 Å². The van der Waals surface area contributed by atoms with E-state index in [4.69, 9.17) is 0 Å². The molecule has 0 atom stereocenters. The highest BCUT2D eigenvalue weighted by molar-refractivity contribution is 8.00. The van der Waals surface area contributed by atoms with Gasteiger partial charge >= 0.3 is 0 Å². The molecule has 0 N–H and O–H groups in total. The second-order valence-corrected chi connectivity index (χ2v) is 12.4. The largest absolute Gasteiger partial charge is 0.222 e. The molecule has 0 aliphatic carbocycles. The Morgan fingerprint density at radius 1 is 0.794 bits per heavy atom. The average Bonchev–Trinajstić information content (AvgIpc) is 2.77. The van der Waals surface area contributed by atoms with Crippen molar-refractivity contribution in [3.05, 3.63) is 77.0 Å². The third-order valence-corrected chi connectivity index (χ3v) is 8.63. The van der Waals surface area contributed by atoms with Crippen LogP contribution >= 0.6 is 11.8 Å². The summed E-state index contributed by atoms with van der Waals surface area (Å²) < 4.78 is 2.33. The van der Waals surface area contributed by atoms with Crippen molar-refractivity contribution >= 4 is 44.1 Å². The lowest BCUT2D eigenvalue weighted by Crippen LogP contribution is -2.32. The van der Waals surface area contributed by atoms with Gasteiger partial charge in [0.05, 0.1) is 10.9 Å². The normalized spacial score (nSPS) is 13.1. The predicted octanol–water partition coefficient (Wildman–Crippen LogP) is 8.62. The molecule has 0 bridgehead atoms. The van der Waals surface area contributed by atoms with E-state index >= 15 is 0 Å². The van der Waals surface area contributed by atoms with Gasteiger partial charge in [0.1, 0.15) is 7.05 Å². The van der Waals surface area contributed by atoms with Crippen LogP contribution in [0.4, 0.5) is 0 Å². The van der Waals surface area contributed by atoms with E-state index in [1.807, 2.05) is 11.8 Å². The van der Waals surface area contributed by atoms with Gasteiger partial charge < -0.3 is 0 Å². The lowest BCUT2D eigenvalue weighted by Gasteiger charge is -2.24. The van der Waals surface area contributed by atoms with Crippen LogP contribution in [0.15, 0.2) is 64.5 Å². The molecule has 0 fully saturated rings. The van der Waals surface area contributed by atoms with Gasteiger partial charge in [0.25, 0.3) is 0 Å². The number of pyridine rings is 1. The van der Waals surface area contributed by atoms with Crippen molar-refractivity contribution in [2.75, 3.05) is 0 Å². The van der Waals surface area contributed by atoms with Crippen molar-refractivity contribution in [2.45, 2.75) is 57.8 Å². The van der Waals surface area contributed by atoms with Gasteiger partial charge in [-0.25, -0.2) is 4.57 Å². The van der Waals surface area contributed by atoms with Crippen molar-refractivity contribution in [3.63, 3.8) is 0 Å². The number of nitrogens with zero attached hydrogens (tertiary/aromatic N) is 1. The number of aromatic nitrogens is 1. The number of benzene rings is 4. The Bertz CT molecular complexity index is 1670. The number of rotatable bonds is 1. The summed E-state index contributed by atoms with van der Waals surface area (Å²) in [6, 6.07) is 18.8. The first-order valence-corrected chi connectivity index (χ1v) is 13.0. The zero-order chi connectivity index (χ0) is 23.9. The van der Waals surface area contributed by atoms with E-state index in [1.54, 1.807) is 0 Å². The molecule has 1 aliphatic heterocycles. The third kappa shape index (κ3) is 3.19. The highest BCUT2D eigenvalue weighted by Crippen LogP contribution is 2.52. The number of fused-ring (bicyclic) bond motifs is 5. The molecule has 0 unspecified atom stereocenters. The second kappa shape index (κ2) is 7.33. The fourth-order valence-electron chi connectivity index (χ4n) is 5.85. The highest BCUT2D eigenvalue weighted by Gasteiger charge is 2.31. The third-order valence-electron chi connectivity index (χ3n) is 7.37. The summed E-state index contributed by atoms with van der Waals surface area (Å²) in [4.78, 5) is 2.79. The van der Waals surface area contributed by atoms with Gasteiger partial charge in [0.15, 0.2) is 6.20 Å². The molecule has 0 amide bonds. The molecular weight excluding hydrogens is 430 g/mol. The first-order valence-electron chi connectivity index (χ1n) is 12.2. The molecule has 34 heavy (non-hydrogen) atoms. The van der Waals surface area contributed by atoms with Gasteiger partial charge in [-0.2, -0.15) is 0 Å². The van der Waals surface area contributed by atoms with Gasteiger partial charge in [-0.3, -0.25) is 0 Å². The van der Waals surface area contributed by atoms with Crippen LogP contribution in [0.5, 0.6) is 0 Å². The van der Waals surface area contributed by atoms with Gasteiger partial charge in [-0.15, -0.1) is 0 Å².